The smallest absolute Gasteiger partial charge is 0.244 e. The Morgan fingerprint density at radius 3 is 2.46 bits per heavy atom. The molecule has 0 radical (unpaired) electrons. The highest BCUT2D eigenvalue weighted by molar-refractivity contribution is 7.89. The third-order valence-corrected chi connectivity index (χ3v) is 7.40. The van der Waals surface area contributed by atoms with Crippen LogP contribution in [0.1, 0.15) is 36.5 Å². The Balaban J connectivity index is 1.71. The number of hydrogen-bond donors (Lipinski definition) is 1. The van der Waals surface area contributed by atoms with Crippen LogP contribution in [-0.2, 0) is 10.0 Å². The first-order chi connectivity index (χ1) is 11.5. The second-order valence-electron chi connectivity index (χ2n) is 6.83. The summed E-state index contributed by atoms with van der Waals surface area (Å²) < 4.78 is 27.7. The van der Waals surface area contributed by atoms with E-state index in [0.29, 0.717) is 11.3 Å². The van der Waals surface area contributed by atoms with Crippen molar-refractivity contribution in [1.82, 2.24) is 4.31 Å². The van der Waals surface area contributed by atoms with Crippen molar-refractivity contribution in [3.63, 3.8) is 0 Å². The molecule has 1 heterocycles. The zero-order valence-corrected chi connectivity index (χ0v) is 14.4. The highest BCUT2D eigenvalue weighted by Gasteiger charge is 2.73. The largest absolute Gasteiger partial charge is 0.386 e. The Morgan fingerprint density at radius 2 is 1.79 bits per heavy atom. The van der Waals surface area contributed by atoms with Crippen molar-refractivity contribution in [3.8, 4) is 0 Å². The number of sulfonamides is 1. The van der Waals surface area contributed by atoms with Gasteiger partial charge in [0.15, 0.2) is 0 Å². The van der Waals surface area contributed by atoms with Gasteiger partial charge in [-0.1, -0.05) is 48.0 Å². The first-order valence-electron chi connectivity index (χ1n) is 8.32. The lowest BCUT2D eigenvalue weighted by molar-refractivity contribution is 0.116. The van der Waals surface area contributed by atoms with Gasteiger partial charge in [0.05, 0.1) is 16.5 Å². The van der Waals surface area contributed by atoms with E-state index < -0.39 is 21.7 Å². The van der Waals surface area contributed by atoms with Gasteiger partial charge in [0.2, 0.25) is 10.0 Å². The van der Waals surface area contributed by atoms with Crippen LogP contribution < -0.4 is 0 Å². The van der Waals surface area contributed by atoms with Crippen LogP contribution in [0.3, 0.4) is 0 Å². The maximum atomic E-state index is 13.1. The van der Waals surface area contributed by atoms with E-state index in [1.54, 1.807) is 16.4 Å². The quantitative estimate of drug-likeness (QED) is 0.868. The van der Waals surface area contributed by atoms with Crippen molar-refractivity contribution in [2.75, 3.05) is 0 Å². The van der Waals surface area contributed by atoms with Gasteiger partial charge in [0.25, 0.3) is 0 Å². The summed E-state index contributed by atoms with van der Waals surface area (Å²) in [6, 6.07) is 16.2. The highest BCUT2D eigenvalue weighted by Crippen LogP contribution is 2.61. The normalized spacial score (nSPS) is 29.9. The Hall–Kier alpha value is -1.69. The molecule has 1 saturated carbocycles. The van der Waals surface area contributed by atoms with E-state index in [1.165, 1.54) is 0 Å². The van der Waals surface area contributed by atoms with E-state index in [2.05, 4.69) is 0 Å². The number of rotatable bonds is 4. The maximum Gasteiger partial charge on any atom is 0.244 e. The molecule has 1 aliphatic heterocycles. The first kappa shape index (κ1) is 15.8. The fourth-order valence-corrected chi connectivity index (χ4v) is 6.23. The predicted octanol–water partition coefficient (Wildman–Crippen LogP) is 3.02. The standard InChI is InChI=1S/C19H21NO3S/c1-14-9-11-16(12-10-14)24(22,23)20-17-8-5-13-19(17,20)18(21)15-6-3-2-4-7-15/h2-4,6-7,9-12,17-18,21H,5,8,13H2,1H3/t17-,18-,19+,20?/m0/s1. The van der Waals surface area contributed by atoms with Crippen LogP contribution in [0.25, 0.3) is 0 Å². The third kappa shape index (κ3) is 2.15. The monoisotopic (exact) mass is 343 g/mol. The minimum atomic E-state index is -3.58. The first-order valence-corrected chi connectivity index (χ1v) is 9.76. The average Bonchev–Trinajstić information content (AvgIpc) is 3.07. The molecule has 1 unspecified atom stereocenters. The lowest BCUT2D eigenvalue weighted by atomic mass is 9.93. The molecule has 0 bridgehead atoms. The number of aliphatic hydroxyl groups is 1. The lowest BCUT2D eigenvalue weighted by Crippen LogP contribution is -2.30. The summed E-state index contributed by atoms with van der Waals surface area (Å²) in [6.07, 6.45) is 1.69. The number of piperidine rings is 1. The van der Waals surface area contributed by atoms with Crippen LogP contribution in [-0.4, -0.2) is 29.4 Å². The second kappa shape index (κ2) is 5.41. The molecule has 5 heteroatoms. The molecule has 2 aliphatic rings. The molecule has 4 nitrogen and oxygen atoms in total. The Kier molecular flexibility index (Phi) is 3.56. The number of benzene rings is 2. The Bertz CT molecular complexity index is 848. The summed E-state index contributed by atoms with van der Waals surface area (Å²) in [4.78, 5) is 0.308. The zero-order chi connectivity index (χ0) is 16.9. The van der Waals surface area contributed by atoms with E-state index in [9.17, 15) is 13.5 Å². The van der Waals surface area contributed by atoms with Gasteiger partial charge >= 0.3 is 0 Å². The number of aryl methyl sites for hydroxylation is 1. The number of aliphatic hydroxyl groups excluding tert-OH is 1. The lowest BCUT2D eigenvalue weighted by Gasteiger charge is -2.23. The van der Waals surface area contributed by atoms with Crippen LogP contribution in [0.5, 0.6) is 0 Å². The van der Waals surface area contributed by atoms with Crippen molar-refractivity contribution >= 4 is 10.0 Å². The van der Waals surface area contributed by atoms with Gasteiger partial charge in [-0.25, -0.2) is 8.42 Å². The topological polar surface area (TPSA) is 57.4 Å². The summed E-state index contributed by atoms with van der Waals surface area (Å²) in [5.41, 5.74) is 1.13. The molecule has 0 amide bonds. The summed E-state index contributed by atoms with van der Waals surface area (Å²) in [7, 11) is -3.58. The molecular weight excluding hydrogens is 322 g/mol. The van der Waals surface area contributed by atoms with Crippen LogP contribution in [0.2, 0.25) is 0 Å². The van der Waals surface area contributed by atoms with Crippen molar-refractivity contribution in [1.29, 1.82) is 0 Å². The van der Waals surface area contributed by atoms with Crippen molar-refractivity contribution in [2.45, 2.75) is 48.8 Å². The molecule has 1 N–H and O–H groups in total. The molecule has 0 spiro atoms. The molecule has 4 rings (SSSR count). The van der Waals surface area contributed by atoms with Crippen LogP contribution in [0.15, 0.2) is 59.5 Å². The minimum absolute atomic E-state index is 0.0981. The molecule has 0 aromatic heterocycles. The van der Waals surface area contributed by atoms with Crippen molar-refractivity contribution < 1.29 is 13.5 Å². The van der Waals surface area contributed by atoms with E-state index in [-0.39, 0.29) is 6.04 Å². The number of fused-ring (bicyclic) bond motifs is 1. The fraction of sp³-hybridized carbons (Fsp3) is 0.368. The summed E-state index contributed by atoms with van der Waals surface area (Å²) >= 11 is 0. The summed E-state index contributed by atoms with van der Waals surface area (Å²) in [5, 5.41) is 10.9. The van der Waals surface area contributed by atoms with Crippen molar-refractivity contribution in [3.05, 3.63) is 65.7 Å². The molecule has 126 valence electrons. The van der Waals surface area contributed by atoms with Crippen LogP contribution in [0.4, 0.5) is 0 Å². The molecular formula is C19H21NO3S. The molecule has 2 aromatic carbocycles. The van der Waals surface area contributed by atoms with Gasteiger partial charge < -0.3 is 5.11 Å². The molecule has 4 atom stereocenters. The van der Waals surface area contributed by atoms with Crippen LogP contribution >= 0.6 is 0 Å². The second-order valence-corrected chi connectivity index (χ2v) is 8.64. The van der Waals surface area contributed by atoms with Gasteiger partial charge in [-0.2, -0.15) is 4.31 Å². The average molecular weight is 343 g/mol. The highest BCUT2D eigenvalue weighted by atomic mass is 32.2. The molecule has 2 aromatic rings. The molecule has 1 saturated heterocycles. The SMILES string of the molecule is Cc1ccc(S(=O)(=O)N2[C@H]3CCC[C@]32[C@@H](O)c2ccccc2)cc1. The van der Waals surface area contributed by atoms with E-state index in [0.717, 1.165) is 24.0 Å². The molecule has 1 aliphatic carbocycles. The van der Waals surface area contributed by atoms with Gasteiger partial charge in [-0.15, -0.1) is 0 Å². The fourth-order valence-electron chi connectivity index (χ4n) is 4.18. The predicted molar refractivity (Wildman–Crippen MR) is 92.0 cm³/mol. The van der Waals surface area contributed by atoms with E-state index >= 15 is 0 Å². The van der Waals surface area contributed by atoms with Gasteiger partial charge in [0, 0.05) is 6.04 Å². The maximum absolute atomic E-state index is 13.1. The van der Waals surface area contributed by atoms with Crippen molar-refractivity contribution in [2.24, 2.45) is 0 Å². The molecule has 2 fully saturated rings. The van der Waals surface area contributed by atoms with E-state index in [1.807, 2.05) is 49.4 Å². The number of nitrogens with zero attached hydrogens (tertiary/aromatic N) is 1. The minimum Gasteiger partial charge on any atom is -0.386 e. The third-order valence-electron chi connectivity index (χ3n) is 5.42. The van der Waals surface area contributed by atoms with Gasteiger partial charge in [-0.3, -0.25) is 0 Å². The van der Waals surface area contributed by atoms with Gasteiger partial charge in [0.1, 0.15) is 0 Å². The van der Waals surface area contributed by atoms with Crippen LogP contribution in [0, 0.1) is 6.92 Å². The zero-order valence-electron chi connectivity index (χ0n) is 13.6. The number of hydrogen-bond acceptors (Lipinski definition) is 3. The van der Waals surface area contributed by atoms with Gasteiger partial charge in [-0.05, 0) is 43.9 Å². The summed E-state index contributed by atoms with van der Waals surface area (Å²) in [6.45, 7) is 1.93. The van der Waals surface area contributed by atoms with E-state index in [4.69, 9.17) is 0 Å². The molecule has 24 heavy (non-hydrogen) atoms. The summed E-state index contributed by atoms with van der Waals surface area (Å²) in [5.74, 6) is 0. The Morgan fingerprint density at radius 1 is 1.12 bits per heavy atom. The Labute approximate surface area is 142 Å².